The molecule has 0 saturated carbocycles. The van der Waals surface area contributed by atoms with Crippen molar-refractivity contribution in [3.05, 3.63) is 33.8 Å². The van der Waals surface area contributed by atoms with Gasteiger partial charge < -0.3 is 10.6 Å². The van der Waals surface area contributed by atoms with E-state index in [1.165, 1.54) is 0 Å². The molecule has 0 spiro atoms. The number of likely N-dealkylation sites (tertiary alicyclic amines) is 1. The standard InChI is InChI=1S/C13H14Cl2N2O2/c14-10-2-1-8(5-11(10)15)6-12(18)17-4-3-9(7-17)13(16)19/h1-2,5,9H,3-4,6-7H2,(H2,16,19). The molecular formula is C13H14Cl2N2O2. The van der Waals surface area contributed by atoms with E-state index in [1.807, 2.05) is 0 Å². The van der Waals surface area contributed by atoms with Gasteiger partial charge in [-0.3, -0.25) is 9.59 Å². The Morgan fingerprint density at radius 1 is 1.32 bits per heavy atom. The first-order chi connectivity index (χ1) is 8.97. The fourth-order valence-corrected chi connectivity index (χ4v) is 2.48. The molecule has 4 nitrogen and oxygen atoms in total. The van der Waals surface area contributed by atoms with Crippen LogP contribution in [-0.2, 0) is 16.0 Å². The third-order valence-electron chi connectivity index (χ3n) is 3.28. The number of nitrogens with zero attached hydrogens (tertiary/aromatic N) is 1. The normalized spacial score (nSPS) is 18.6. The molecule has 1 fully saturated rings. The highest BCUT2D eigenvalue weighted by molar-refractivity contribution is 6.42. The molecule has 1 aliphatic heterocycles. The molecule has 1 aromatic carbocycles. The minimum absolute atomic E-state index is 0.0258. The molecule has 102 valence electrons. The third kappa shape index (κ3) is 3.39. The Hall–Kier alpha value is -1.26. The number of carbonyl (C=O) groups is 2. The minimum atomic E-state index is -0.343. The first-order valence-electron chi connectivity index (χ1n) is 5.98. The van der Waals surface area contributed by atoms with Gasteiger partial charge in [-0.15, -0.1) is 0 Å². The van der Waals surface area contributed by atoms with Gasteiger partial charge in [0.05, 0.1) is 22.4 Å². The fourth-order valence-electron chi connectivity index (χ4n) is 2.16. The molecule has 0 aromatic heterocycles. The second-order valence-corrected chi connectivity index (χ2v) is 5.47. The maximum atomic E-state index is 12.1. The van der Waals surface area contributed by atoms with Crippen molar-refractivity contribution in [3.63, 3.8) is 0 Å². The van der Waals surface area contributed by atoms with Crippen molar-refractivity contribution >= 4 is 35.0 Å². The Labute approximate surface area is 121 Å². The lowest BCUT2D eigenvalue weighted by molar-refractivity contribution is -0.129. The van der Waals surface area contributed by atoms with Gasteiger partial charge >= 0.3 is 0 Å². The number of primary amides is 1. The molecule has 19 heavy (non-hydrogen) atoms. The topological polar surface area (TPSA) is 63.4 Å². The average Bonchev–Trinajstić information content (AvgIpc) is 2.83. The summed E-state index contributed by atoms with van der Waals surface area (Å²) in [6.45, 7) is 0.989. The van der Waals surface area contributed by atoms with E-state index in [0.29, 0.717) is 29.6 Å². The zero-order valence-electron chi connectivity index (χ0n) is 10.2. The maximum Gasteiger partial charge on any atom is 0.227 e. The number of hydrogen-bond acceptors (Lipinski definition) is 2. The predicted molar refractivity (Wildman–Crippen MR) is 74.0 cm³/mol. The molecule has 6 heteroatoms. The van der Waals surface area contributed by atoms with Gasteiger partial charge in [-0.05, 0) is 24.1 Å². The highest BCUT2D eigenvalue weighted by Gasteiger charge is 2.29. The lowest BCUT2D eigenvalue weighted by Gasteiger charge is -2.16. The molecule has 1 unspecified atom stereocenters. The zero-order valence-corrected chi connectivity index (χ0v) is 11.7. The molecule has 2 amide bonds. The summed E-state index contributed by atoms with van der Waals surface area (Å²) in [5.74, 6) is -0.593. The molecule has 1 atom stereocenters. The maximum absolute atomic E-state index is 12.1. The van der Waals surface area contributed by atoms with Crippen LogP contribution in [0.4, 0.5) is 0 Å². The summed E-state index contributed by atoms with van der Waals surface area (Å²) in [7, 11) is 0. The molecule has 0 aliphatic carbocycles. The number of carbonyl (C=O) groups excluding carboxylic acids is 2. The van der Waals surface area contributed by atoms with Crippen LogP contribution in [-0.4, -0.2) is 29.8 Å². The second-order valence-electron chi connectivity index (χ2n) is 4.65. The first-order valence-corrected chi connectivity index (χ1v) is 6.74. The first kappa shape index (κ1) is 14.2. The lowest BCUT2D eigenvalue weighted by Crippen LogP contribution is -2.32. The average molecular weight is 301 g/mol. The zero-order chi connectivity index (χ0) is 14.0. The van der Waals surface area contributed by atoms with Crippen molar-refractivity contribution in [2.24, 2.45) is 11.7 Å². The quantitative estimate of drug-likeness (QED) is 0.926. The van der Waals surface area contributed by atoms with Gasteiger partial charge in [-0.25, -0.2) is 0 Å². The van der Waals surface area contributed by atoms with Gasteiger partial charge in [0.1, 0.15) is 0 Å². The molecule has 1 aliphatic rings. The number of halogens is 2. The van der Waals surface area contributed by atoms with Crippen molar-refractivity contribution in [3.8, 4) is 0 Å². The Morgan fingerprint density at radius 2 is 2.05 bits per heavy atom. The van der Waals surface area contributed by atoms with Crippen molar-refractivity contribution in [2.45, 2.75) is 12.8 Å². The van der Waals surface area contributed by atoms with Crippen LogP contribution in [0.5, 0.6) is 0 Å². The molecule has 1 heterocycles. The van der Waals surface area contributed by atoms with E-state index in [0.717, 1.165) is 5.56 Å². The van der Waals surface area contributed by atoms with Crippen molar-refractivity contribution in [1.29, 1.82) is 0 Å². The minimum Gasteiger partial charge on any atom is -0.369 e. The molecule has 1 aromatic rings. The molecular weight excluding hydrogens is 287 g/mol. The lowest BCUT2D eigenvalue weighted by atomic mass is 10.1. The molecule has 0 bridgehead atoms. The van der Waals surface area contributed by atoms with Gasteiger partial charge in [0.15, 0.2) is 0 Å². The van der Waals surface area contributed by atoms with Crippen molar-refractivity contribution < 1.29 is 9.59 Å². The van der Waals surface area contributed by atoms with Crippen LogP contribution in [0.3, 0.4) is 0 Å². The van der Waals surface area contributed by atoms with E-state index in [2.05, 4.69) is 0 Å². The van der Waals surface area contributed by atoms with Gasteiger partial charge in [0, 0.05) is 13.1 Å². The van der Waals surface area contributed by atoms with Crippen molar-refractivity contribution in [2.75, 3.05) is 13.1 Å². The third-order valence-corrected chi connectivity index (χ3v) is 4.02. The van der Waals surface area contributed by atoms with Crippen LogP contribution in [0.15, 0.2) is 18.2 Å². The molecule has 2 rings (SSSR count). The van der Waals surface area contributed by atoms with E-state index >= 15 is 0 Å². The number of rotatable bonds is 3. The van der Waals surface area contributed by atoms with E-state index < -0.39 is 0 Å². The van der Waals surface area contributed by atoms with Crippen LogP contribution < -0.4 is 5.73 Å². The second kappa shape index (κ2) is 5.80. The van der Waals surface area contributed by atoms with Gasteiger partial charge in [0.25, 0.3) is 0 Å². The summed E-state index contributed by atoms with van der Waals surface area (Å²) in [6.07, 6.45) is 0.894. The Bertz CT molecular complexity index is 519. The summed E-state index contributed by atoms with van der Waals surface area (Å²) < 4.78 is 0. The largest absolute Gasteiger partial charge is 0.369 e. The summed E-state index contributed by atoms with van der Waals surface area (Å²) in [5.41, 5.74) is 6.05. The summed E-state index contributed by atoms with van der Waals surface area (Å²) in [5, 5.41) is 0.899. The number of hydrogen-bond donors (Lipinski definition) is 1. The SMILES string of the molecule is NC(=O)C1CCN(C(=O)Cc2ccc(Cl)c(Cl)c2)C1. The Kier molecular flexibility index (Phi) is 4.32. The van der Waals surface area contributed by atoms with Crippen LogP contribution in [0.25, 0.3) is 0 Å². The number of amides is 2. The number of nitrogens with two attached hydrogens (primary N) is 1. The van der Waals surface area contributed by atoms with E-state index in [-0.39, 0.29) is 24.2 Å². The van der Waals surface area contributed by atoms with Gasteiger partial charge in [-0.2, -0.15) is 0 Å². The summed E-state index contributed by atoms with van der Waals surface area (Å²) >= 11 is 11.7. The van der Waals surface area contributed by atoms with Crippen LogP contribution in [0.1, 0.15) is 12.0 Å². The van der Waals surface area contributed by atoms with Crippen LogP contribution in [0, 0.1) is 5.92 Å². The highest BCUT2D eigenvalue weighted by atomic mass is 35.5. The Balaban J connectivity index is 1.98. The van der Waals surface area contributed by atoms with Gasteiger partial charge in [-0.1, -0.05) is 29.3 Å². The summed E-state index contributed by atoms with van der Waals surface area (Å²) in [6, 6.07) is 5.12. The van der Waals surface area contributed by atoms with E-state index in [9.17, 15) is 9.59 Å². The van der Waals surface area contributed by atoms with Crippen molar-refractivity contribution in [1.82, 2.24) is 4.90 Å². The Morgan fingerprint density at radius 3 is 2.63 bits per heavy atom. The highest BCUT2D eigenvalue weighted by Crippen LogP contribution is 2.23. The van der Waals surface area contributed by atoms with E-state index in [4.69, 9.17) is 28.9 Å². The van der Waals surface area contributed by atoms with Crippen LogP contribution >= 0.6 is 23.2 Å². The summed E-state index contributed by atoms with van der Waals surface area (Å²) in [4.78, 5) is 24.8. The number of benzene rings is 1. The predicted octanol–water partition coefficient (Wildman–Crippen LogP) is 1.87. The smallest absolute Gasteiger partial charge is 0.227 e. The fraction of sp³-hybridized carbons (Fsp3) is 0.385. The molecule has 1 saturated heterocycles. The molecule has 0 radical (unpaired) electrons. The monoisotopic (exact) mass is 300 g/mol. The van der Waals surface area contributed by atoms with Crippen LogP contribution in [0.2, 0.25) is 10.0 Å². The van der Waals surface area contributed by atoms with Gasteiger partial charge in [0.2, 0.25) is 11.8 Å². The van der Waals surface area contributed by atoms with E-state index in [1.54, 1.807) is 23.1 Å². The molecule has 2 N–H and O–H groups in total.